The topological polar surface area (TPSA) is 49.4 Å². The molecule has 0 saturated carbocycles. The van der Waals surface area contributed by atoms with Crippen molar-refractivity contribution >= 4 is 34.4 Å². The highest BCUT2D eigenvalue weighted by atomic mass is 32.1. The molecule has 0 amide bonds. The molecule has 3 aromatic carbocycles. The molecule has 0 aliphatic carbocycles. The van der Waals surface area contributed by atoms with Gasteiger partial charge in [-0.1, -0.05) is 72.8 Å². The summed E-state index contributed by atoms with van der Waals surface area (Å²) in [6.45, 7) is 2.03. The van der Waals surface area contributed by atoms with E-state index in [0.29, 0.717) is 5.11 Å². The first-order valence-corrected chi connectivity index (χ1v) is 9.41. The molecule has 1 aliphatic heterocycles. The summed E-state index contributed by atoms with van der Waals surface area (Å²) >= 11 is 5.36. The van der Waals surface area contributed by atoms with E-state index in [9.17, 15) is 0 Å². The van der Waals surface area contributed by atoms with Crippen molar-refractivity contribution in [3.8, 4) is 0 Å². The average molecular weight is 382 g/mol. The zero-order valence-electron chi connectivity index (χ0n) is 15.4. The van der Waals surface area contributed by atoms with Crippen LogP contribution in [0.3, 0.4) is 0 Å². The molecule has 0 saturated heterocycles. The van der Waals surface area contributed by atoms with Crippen LogP contribution in [0.2, 0.25) is 0 Å². The minimum Gasteiger partial charge on any atom is -0.220 e. The van der Waals surface area contributed by atoms with Crippen LogP contribution < -0.4 is 0 Å². The Kier molecular flexibility index (Phi) is 5.26. The molecule has 0 radical (unpaired) electrons. The third-order valence-electron chi connectivity index (χ3n) is 4.38. The molecule has 0 bridgehead atoms. The van der Waals surface area contributed by atoms with Gasteiger partial charge in [-0.25, -0.2) is 9.98 Å². The Morgan fingerprint density at radius 3 is 1.86 bits per heavy atom. The van der Waals surface area contributed by atoms with Gasteiger partial charge in [0.05, 0.1) is 17.1 Å². The van der Waals surface area contributed by atoms with E-state index in [1.165, 1.54) is 0 Å². The number of hydrogen-bond donors (Lipinski definition) is 0. The number of hydrogen-bond acceptors (Lipinski definition) is 3. The molecule has 1 aliphatic rings. The van der Waals surface area contributed by atoms with Crippen molar-refractivity contribution < 1.29 is 0 Å². The minimum absolute atomic E-state index is 0.305. The third kappa shape index (κ3) is 4.00. The fourth-order valence-electron chi connectivity index (χ4n) is 3.07. The Morgan fingerprint density at radius 2 is 1.32 bits per heavy atom. The number of azo groups is 1. The normalized spacial score (nSPS) is 14.8. The van der Waals surface area contributed by atoms with Crippen LogP contribution in [0.25, 0.3) is 0 Å². The summed E-state index contributed by atoms with van der Waals surface area (Å²) in [5.41, 5.74) is 5.37. The summed E-state index contributed by atoms with van der Waals surface area (Å²) in [6.07, 6.45) is 0. The summed E-state index contributed by atoms with van der Waals surface area (Å²) in [5, 5.41) is 9.44. The maximum Gasteiger partial charge on any atom is 0.219 e. The predicted molar refractivity (Wildman–Crippen MR) is 118 cm³/mol. The molecule has 0 N–H and O–H groups in total. The van der Waals surface area contributed by atoms with Gasteiger partial charge in [-0.2, -0.15) is 10.2 Å². The Balaban J connectivity index is 1.80. The standard InChI is InChI=1S/C23H18N4S/c1-16-9-8-14-19(15-16)26-27-22-20(17-10-4-2-5-11-17)24-23(28)25-21(22)18-12-6-3-7-13-18/h2-15,22H,1H3. The zero-order valence-corrected chi connectivity index (χ0v) is 16.2. The summed E-state index contributed by atoms with van der Waals surface area (Å²) in [7, 11) is 0. The van der Waals surface area contributed by atoms with Crippen molar-refractivity contribution in [2.24, 2.45) is 20.2 Å². The van der Waals surface area contributed by atoms with Crippen LogP contribution >= 0.6 is 12.2 Å². The highest BCUT2D eigenvalue weighted by Crippen LogP contribution is 2.22. The van der Waals surface area contributed by atoms with E-state index in [4.69, 9.17) is 12.2 Å². The van der Waals surface area contributed by atoms with Gasteiger partial charge in [-0.15, -0.1) is 0 Å². The molecule has 0 atom stereocenters. The maximum absolute atomic E-state index is 5.36. The Hall–Kier alpha value is -3.31. The Labute approximate surface area is 169 Å². The molecule has 0 fully saturated rings. The third-order valence-corrected chi connectivity index (χ3v) is 4.56. The average Bonchev–Trinajstić information content (AvgIpc) is 2.73. The van der Waals surface area contributed by atoms with Crippen LogP contribution in [-0.4, -0.2) is 22.6 Å². The van der Waals surface area contributed by atoms with Crippen molar-refractivity contribution in [1.82, 2.24) is 0 Å². The lowest BCUT2D eigenvalue weighted by Crippen LogP contribution is -2.34. The van der Waals surface area contributed by atoms with Gasteiger partial charge in [0.25, 0.3) is 0 Å². The quantitative estimate of drug-likeness (QED) is 0.420. The van der Waals surface area contributed by atoms with Crippen molar-refractivity contribution in [3.63, 3.8) is 0 Å². The molecule has 0 unspecified atom stereocenters. The van der Waals surface area contributed by atoms with E-state index < -0.39 is 6.04 Å². The maximum atomic E-state index is 5.36. The fraction of sp³-hybridized carbons (Fsp3) is 0.0870. The molecule has 0 aromatic heterocycles. The summed E-state index contributed by atoms with van der Waals surface area (Å²) < 4.78 is 0. The second kappa shape index (κ2) is 8.15. The fourth-order valence-corrected chi connectivity index (χ4v) is 3.27. The second-order valence-electron chi connectivity index (χ2n) is 6.47. The zero-order chi connectivity index (χ0) is 19.3. The highest BCUT2D eigenvalue weighted by Gasteiger charge is 2.29. The van der Waals surface area contributed by atoms with Gasteiger partial charge in [0.2, 0.25) is 5.11 Å². The van der Waals surface area contributed by atoms with Crippen molar-refractivity contribution in [1.29, 1.82) is 0 Å². The van der Waals surface area contributed by atoms with Gasteiger partial charge in [-0.3, -0.25) is 0 Å². The van der Waals surface area contributed by atoms with Gasteiger partial charge < -0.3 is 0 Å². The first-order valence-electron chi connectivity index (χ1n) is 9.00. The van der Waals surface area contributed by atoms with Crippen LogP contribution in [-0.2, 0) is 0 Å². The summed E-state index contributed by atoms with van der Waals surface area (Å²) in [6, 6.07) is 27.4. The monoisotopic (exact) mass is 382 g/mol. The molecule has 5 heteroatoms. The molecular formula is C23H18N4S. The summed E-state index contributed by atoms with van der Waals surface area (Å²) in [4.78, 5) is 9.09. The lowest BCUT2D eigenvalue weighted by atomic mass is 9.94. The van der Waals surface area contributed by atoms with Crippen LogP contribution in [0.5, 0.6) is 0 Å². The smallest absolute Gasteiger partial charge is 0.219 e. The van der Waals surface area contributed by atoms with Crippen LogP contribution in [0.4, 0.5) is 5.69 Å². The minimum atomic E-state index is -0.433. The lowest BCUT2D eigenvalue weighted by Gasteiger charge is -2.21. The van der Waals surface area contributed by atoms with Gasteiger partial charge in [0, 0.05) is 0 Å². The van der Waals surface area contributed by atoms with E-state index in [1.807, 2.05) is 91.9 Å². The van der Waals surface area contributed by atoms with Gasteiger partial charge in [0.15, 0.2) is 6.04 Å². The van der Waals surface area contributed by atoms with E-state index in [1.54, 1.807) is 0 Å². The molecule has 4 nitrogen and oxygen atoms in total. The summed E-state index contributed by atoms with van der Waals surface area (Å²) in [5.74, 6) is 0. The first kappa shape index (κ1) is 18.1. The van der Waals surface area contributed by atoms with E-state index in [0.717, 1.165) is 33.8 Å². The molecule has 4 rings (SSSR count). The number of nitrogens with zero attached hydrogens (tertiary/aromatic N) is 4. The molecule has 1 heterocycles. The predicted octanol–water partition coefficient (Wildman–Crippen LogP) is 5.72. The van der Waals surface area contributed by atoms with Crippen LogP contribution in [0, 0.1) is 6.92 Å². The number of thiocarbonyl (C=S) groups is 1. The first-order chi connectivity index (χ1) is 13.7. The second-order valence-corrected chi connectivity index (χ2v) is 6.83. The highest BCUT2D eigenvalue weighted by molar-refractivity contribution is 7.80. The number of benzene rings is 3. The van der Waals surface area contributed by atoms with Crippen molar-refractivity contribution in [3.05, 3.63) is 102 Å². The number of aliphatic imine (C=N–C) groups is 2. The van der Waals surface area contributed by atoms with Gasteiger partial charge in [0.1, 0.15) is 0 Å². The van der Waals surface area contributed by atoms with Crippen molar-refractivity contribution in [2.75, 3.05) is 0 Å². The molecule has 28 heavy (non-hydrogen) atoms. The lowest BCUT2D eigenvalue weighted by molar-refractivity contribution is 0.992. The SMILES string of the molecule is Cc1cccc(N=NC2C(c3ccccc3)=NC(=S)N=C2c2ccccc2)c1. The Bertz CT molecular complexity index is 1030. The van der Waals surface area contributed by atoms with Gasteiger partial charge in [-0.05, 0) is 48.0 Å². The van der Waals surface area contributed by atoms with E-state index in [2.05, 4.69) is 20.2 Å². The van der Waals surface area contributed by atoms with Crippen LogP contribution in [0.15, 0.2) is 105 Å². The molecule has 0 spiro atoms. The number of rotatable bonds is 4. The van der Waals surface area contributed by atoms with Gasteiger partial charge >= 0.3 is 0 Å². The molecular weight excluding hydrogens is 364 g/mol. The molecule has 3 aromatic rings. The van der Waals surface area contributed by atoms with Crippen LogP contribution in [0.1, 0.15) is 16.7 Å². The largest absolute Gasteiger partial charge is 0.220 e. The molecule has 136 valence electrons. The number of aryl methyl sites for hydroxylation is 1. The van der Waals surface area contributed by atoms with E-state index >= 15 is 0 Å². The Morgan fingerprint density at radius 1 is 0.750 bits per heavy atom. The van der Waals surface area contributed by atoms with Crippen molar-refractivity contribution in [2.45, 2.75) is 13.0 Å². The van der Waals surface area contributed by atoms with E-state index in [-0.39, 0.29) is 0 Å².